The van der Waals surface area contributed by atoms with Crippen LogP contribution < -0.4 is 15.8 Å². The number of hydrogen-bond donors (Lipinski definition) is 2. The van der Waals surface area contributed by atoms with Crippen molar-refractivity contribution in [2.45, 2.75) is 56.3 Å². The first-order valence-electron chi connectivity index (χ1n) is 12.6. The molecule has 1 aliphatic carbocycles. The van der Waals surface area contributed by atoms with E-state index in [-0.39, 0.29) is 23.7 Å². The van der Waals surface area contributed by atoms with Crippen molar-refractivity contribution < 1.29 is 5.11 Å². The van der Waals surface area contributed by atoms with Crippen molar-refractivity contribution in [3.63, 3.8) is 0 Å². The van der Waals surface area contributed by atoms with E-state index < -0.39 is 0 Å². The summed E-state index contributed by atoms with van der Waals surface area (Å²) in [4.78, 5) is 26.0. The molecule has 4 aromatic rings. The Morgan fingerprint density at radius 3 is 2.72 bits per heavy atom. The second kappa shape index (κ2) is 8.11. The van der Waals surface area contributed by atoms with Crippen LogP contribution in [0.25, 0.3) is 27.9 Å². The van der Waals surface area contributed by atoms with Crippen LogP contribution >= 0.6 is 0 Å². The lowest BCUT2D eigenvalue weighted by molar-refractivity contribution is 0.111. The molecule has 2 N–H and O–H groups in total. The fraction of sp³-hybridized carbons (Fsp3) is 0.423. The maximum Gasteiger partial charge on any atom is 0.295 e. The Kier molecular flexibility index (Phi) is 4.84. The average Bonchev–Trinajstić information content (AvgIpc) is 3.64. The van der Waals surface area contributed by atoms with Crippen LogP contribution in [-0.2, 0) is 0 Å². The first-order valence-corrected chi connectivity index (χ1v) is 12.6. The van der Waals surface area contributed by atoms with Crippen molar-refractivity contribution in [2.24, 2.45) is 0 Å². The van der Waals surface area contributed by atoms with Gasteiger partial charge in [0.15, 0.2) is 11.5 Å². The molecule has 6 heterocycles. The molecule has 0 aromatic carbocycles. The highest BCUT2D eigenvalue weighted by molar-refractivity contribution is 5.83. The summed E-state index contributed by atoms with van der Waals surface area (Å²) in [7, 11) is 0. The molecule has 3 fully saturated rings. The van der Waals surface area contributed by atoms with Gasteiger partial charge in [-0.25, -0.2) is 14.5 Å². The average molecular weight is 483 g/mol. The van der Waals surface area contributed by atoms with Crippen LogP contribution in [0.5, 0.6) is 0 Å². The van der Waals surface area contributed by atoms with E-state index in [1.807, 2.05) is 16.7 Å². The fourth-order valence-electron chi connectivity index (χ4n) is 6.13. The van der Waals surface area contributed by atoms with Gasteiger partial charge in [-0.15, -0.1) is 0 Å². The van der Waals surface area contributed by atoms with Crippen LogP contribution in [0.15, 0.2) is 41.5 Å². The van der Waals surface area contributed by atoms with E-state index in [4.69, 9.17) is 9.97 Å². The van der Waals surface area contributed by atoms with Gasteiger partial charge in [-0.3, -0.25) is 9.36 Å². The van der Waals surface area contributed by atoms with E-state index in [9.17, 15) is 15.2 Å². The summed E-state index contributed by atoms with van der Waals surface area (Å²) < 4.78 is 3.55. The first kappa shape index (κ1) is 21.5. The highest BCUT2D eigenvalue weighted by Crippen LogP contribution is 2.33. The highest BCUT2D eigenvalue weighted by Gasteiger charge is 2.40. The lowest BCUT2D eigenvalue weighted by Gasteiger charge is -2.31. The number of nitrogens with one attached hydrogen (secondary N) is 1. The zero-order valence-corrected chi connectivity index (χ0v) is 19.7. The third-order valence-corrected chi connectivity index (χ3v) is 8.01. The zero-order valence-electron chi connectivity index (χ0n) is 19.7. The van der Waals surface area contributed by atoms with Crippen LogP contribution in [0.1, 0.15) is 43.7 Å². The quantitative estimate of drug-likeness (QED) is 0.454. The van der Waals surface area contributed by atoms with E-state index in [1.54, 1.807) is 29.0 Å². The third-order valence-electron chi connectivity index (χ3n) is 8.01. The number of aliphatic hydroxyl groups excluding tert-OH is 1. The normalized spacial score (nSPS) is 25.6. The van der Waals surface area contributed by atoms with Gasteiger partial charge in [-0.2, -0.15) is 10.4 Å². The van der Waals surface area contributed by atoms with Crippen LogP contribution in [0.2, 0.25) is 0 Å². The number of nitriles is 1. The van der Waals surface area contributed by atoms with Gasteiger partial charge in [0.2, 0.25) is 0 Å². The lowest BCUT2D eigenvalue weighted by atomic mass is 9.93. The van der Waals surface area contributed by atoms with Crippen molar-refractivity contribution in [2.75, 3.05) is 18.0 Å². The molecule has 0 radical (unpaired) electrons. The molecule has 10 heteroatoms. The SMILES string of the molecule is N#Cc1ccn2ncc(-c3ccc4nc(N5CC6CC5CN6)c(=O)n([C@H]5CC[C@H](O)CC5)c4n3)c2c1. The number of nitrogens with zero attached hydrogens (tertiary/aromatic N) is 7. The molecule has 182 valence electrons. The minimum atomic E-state index is -0.318. The number of aromatic nitrogens is 5. The first-order chi connectivity index (χ1) is 17.6. The predicted molar refractivity (Wildman–Crippen MR) is 134 cm³/mol. The third kappa shape index (κ3) is 3.31. The van der Waals surface area contributed by atoms with Crippen molar-refractivity contribution in [3.05, 3.63) is 52.6 Å². The lowest BCUT2D eigenvalue weighted by Crippen LogP contribution is -2.47. The second-order valence-corrected chi connectivity index (χ2v) is 10.2. The predicted octanol–water partition coefficient (Wildman–Crippen LogP) is 2.00. The van der Waals surface area contributed by atoms with Crippen molar-refractivity contribution in [1.29, 1.82) is 5.26 Å². The molecule has 10 nitrogen and oxygen atoms in total. The number of pyridine rings is 2. The molecule has 0 spiro atoms. The molecule has 2 atom stereocenters. The van der Waals surface area contributed by atoms with E-state index in [0.717, 1.165) is 43.4 Å². The topological polar surface area (TPSA) is 124 Å². The Balaban J connectivity index is 1.41. The molecule has 2 unspecified atom stereocenters. The van der Waals surface area contributed by atoms with Gasteiger partial charge in [0.05, 0.1) is 35.1 Å². The van der Waals surface area contributed by atoms with Crippen LogP contribution in [0.3, 0.4) is 0 Å². The molecule has 1 saturated carbocycles. The van der Waals surface area contributed by atoms with Crippen molar-refractivity contribution >= 4 is 22.5 Å². The fourth-order valence-corrected chi connectivity index (χ4v) is 6.13. The largest absolute Gasteiger partial charge is 0.393 e. The standard InChI is InChI=1S/C26H26N8O2/c27-11-15-7-8-33-23(9-15)20(13-29-33)21-5-6-22-24(30-21)34(17-1-3-19(35)4-2-17)26(36)25(31-22)32-14-16-10-18(32)12-28-16/h5-9,13,16-19,28,35H,1-4,10,12,14H2/t16?,17-,18?,19-. The summed E-state index contributed by atoms with van der Waals surface area (Å²) in [6.07, 6.45) is 6.99. The summed E-state index contributed by atoms with van der Waals surface area (Å²) in [6, 6.07) is 10.2. The number of piperazine rings is 1. The highest BCUT2D eigenvalue weighted by atomic mass is 16.3. The van der Waals surface area contributed by atoms with Crippen molar-refractivity contribution in [1.82, 2.24) is 29.5 Å². The Hall–Kier alpha value is -3.81. The number of hydrogen-bond acceptors (Lipinski definition) is 8. The molecule has 3 aliphatic rings. The van der Waals surface area contributed by atoms with Crippen LogP contribution in [-0.4, -0.2) is 60.5 Å². The Labute approximate surface area is 206 Å². The molecular weight excluding hydrogens is 456 g/mol. The summed E-state index contributed by atoms with van der Waals surface area (Å²) in [5.74, 6) is 0.506. The number of anilines is 1. The molecular formula is C26H26N8O2. The Morgan fingerprint density at radius 1 is 1.11 bits per heavy atom. The van der Waals surface area contributed by atoms with Gasteiger partial charge in [0, 0.05) is 43.0 Å². The molecule has 2 aliphatic heterocycles. The van der Waals surface area contributed by atoms with Crippen molar-refractivity contribution in [3.8, 4) is 17.3 Å². The maximum atomic E-state index is 14.0. The summed E-state index contributed by atoms with van der Waals surface area (Å²) in [5, 5.41) is 27.4. The minimum absolute atomic E-state index is 0.0417. The molecule has 2 saturated heterocycles. The van der Waals surface area contributed by atoms with Gasteiger partial charge >= 0.3 is 0 Å². The second-order valence-electron chi connectivity index (χ2n) is 10.2. The van der Waals surface area contributed by atoms with E-state index in [0.29, 0.717) is 47.1 Å². The van der Waals surface area contributed by atoms with Gasteiger partial charge in [0.1, 0.15) is 5.52 Å². The monoisotopic (exact) mass is 482 g/mol. The number of aliphatic hydroxyl groups is 1. The van der Waals surface area contributed by atoms with Crippen LogP contribution in [0.4, 0.5) is 5.82 Å². The minimum Gasteiger partial charge on any atom is -0.393 e. The zero-order chi connectivity index (χ0) is 24.4. The molecule has 4 aromatic heterocycles. The molecule has 0 amide bonds. The molecule has 2 bridgehead atoms. The molecule has 7 rings (SSSR count). The smallest absolute Gasteiger partial charge is 0.295 e. The number of rotatable bonds is 3. The van der Waals surface area contributed by atoms with Gasteiger partial charge in [-0.1, -0.05) is 0 Å². The van der Waals surface area contributed by atoms with Crippen LogP contribution in [0, 0.1) is 11.3 Å². The Bertz CT molecular complexity index is 1590. The molecule has 36 heavy (non-hydrogen) atoms. The van der Waals surface area contributed by atoms with Gasteiger partial charge in [-0.05, 0) is 56.4 Å². The van der Waals surface area contributed by atoms with E-state index in [1.165, 1.54) is 0 Å². The Morgan fingerprint density at radius 2 is 1.97 bits per heavy atom. The number of fused-ring (bicyclic) bond motifs is 4. The summed E-state index contributed by atoms with van der Waals surface area (Å²) >= 11 is 0. The van der Waals surface area contributed by atoms with E-state index >= 15 is 0 Å². The summed E-state index contributed by atoms with van der Waals surface area (Å²) in [6.45, 7) is 1.66. The maximum absolute atomic E-state index is 14.0. The van der Waals surface area contributed by atoms with Gasteiger partial charge < -0.3 is 15.3 Å². The van der Waals surface area contributed by atoms with E-state index in [2.05, 4.69) is 21.4 Å². The van der Waals surface area contributed by atoms with Gasteiger partial charge in [0.25, 0.3) is 5.56 Å². The summed E-state index contributed by atoms with van der Waals surface area (Å²) in [5.41, 5.74) is 3.93.